The van der Waals surface area contributed by atoms with E-state index in [0.29, 0.717) is 5.92 Å². The van der Waals surface area contributed by atoms with E-state index in [1.807, 2.05) is 6.07 Å². The van der Waals surface area contributed by atoms with Crippen molar-refractivity contribution in [2.75, 3.05) is 7.11 Å². The maximum Gasteiger partial charge on any atom is 0.268 e. The molecule has 1 heterocycles. The highest BCUT2D eigenvalue weighted by Gasteiger charge is 2.59. The molecule has 2 bridgehead atoms. The third kappa shape index (κ3) is 3.06. The van der Waals surface area contributed by atoms with Crippen molar-refractivity contribution in [1.29, 1.82) is 0 Å². The Kier molecular flexibility index (Phi) is 4.95. The first kappa shape index (κ1) is 20.3. The zero-order valence-electron chi connectivity index (χ0n) is 18.9. The van der Waals surface area contributed by atoms with Crippen LogP contribution in [0.3, 0.4) is 0 Å². The number of methoxy groups -OCH3 is 1. The van der Waals surface area contributed by atoms with Gasteiger partial charge in [0.05, 0.1) is 7.11 Å². The van der Waals surface area contributed by atoms with Gasteiger partial charge in [0.25, 0.3) is 5.91 Å². The first-order valence-corrected chi connectivity index (χ1v) is 11.2. The van der Waals surface area contributed by atoms with Crippen LogP contribution in [0.5, 0.6) is 5.75 Å². The fourth-order valence-corrected chi connectivity index (χ4v) is 6.33. The van der Waals surface area contributed by atoms with Gasteiger partial charge in [0, 0.05) is 23.5 Å². The van der Waals surface area contributed by atoms with Gasteiger partial charge in [-0.25, -0.2) is 0 Å². The highest BCUT2D eigenvalue weighted by Crippen LogP contribution is 2.62. The fourth-order valence-electron chi connectivity index (χ4n) is 6.33. The van der Waals surface area contributed by atoms with Crippen molar-refractivity contribution < 1.29 is 9.53 Å². The second-order valence-electron chi connectivity index (χ2n) is 10.2. The third-order valence-corrected chi connectivity index (χ3v) is 8.02. The molecule has 1 N–H and O–H groups in total. The van der Waals surface area contributed by atoms with Crippen molar-refractivity contribution >= 4 is 16.8 Å². The summed E-state index contributed by atoms with van der Waals surface area (Å²) < 4.78 is 7.67. The summed E-state index contributed by atoms with van der Waals surface area (Å²) in [5.74, 6) is 1.64. The lowest BCUT2D eigenvalue weighted by Crippen LogP contribution is -2.52. The molecule has 2 saturated carbocycles. The minimum Gasteiger partial charge on any atom is -0.497 e. The Balaban J connectivity index is 1.74. The summed E-state index contributed by atoms with van der Waals surface area (Å²) >= 11 is 0. The predicted molar refractivity (Wildman–Crippen MR) is 119 cm³/mol. The van der Waals surface area contributed by atoms with E-state index in [1.165, 1.54) is 19.3 Å². The summed E-state index contributed by atoms with van der Waals surface area (Å²) in [5.41, 5.74) is 3.38. The van der Waals surface area contributed by atoms with Gasteiger partial charge in [-0.05, 0) is 73.1 Å². The Morgan fingerprint density at radius 2 is 2.07 bits per heavy atom. The van der Waals surface area contributed by atoms with Crippen LogP contribution in [0.2, 0.25) is 0 Å². The average molecular weight is 397 g/mol. The SMILES string of the molecule is CCCCn1c(C(=O)NC2C(C)(C)C3CC[C@@]2(C)C3)c(C)c2cc(OC)ccc21. The summed E-state index contributed by atoms with van der Waals surface area (Å²) in [5, 5.41) is 4.63. The number of nitrogens with one attached hydrogen (secondary N) is 1. The number of carbonyl (C=O) groups excluding carboxylic acids is 1. The molecule has 2 aliphatic carbocycles. The number of aromatic nitrogens is 1. The summed E-state index contributed by atoms with van der Waals surface area (Å²) in [7, 11) is 1.69. The number of carbonyl (C=O) groups is 1. The molecule has 2 fully saturated rings. The molecule has 2 aromatic rings. The van der Waals surface area contributed by atoms with E-state index < -0.39 is 0 Å². The number of nitrogens with zero attached hydrogens (tertiary/aromatic N) is 1. The predicted octanol–water partition coefficient (Wildman–Crippen LogP) is 5.70. The van der Waals surface area contributed by atoms with Crippen molar-refractivity contribution in [1.82, 2.24) is 9.88 Å². The van der Waals surface area contributed by atoms with E-state index in [4.69, 9.17) is 4.74 Å². The Hall–Kier alpha value is -1.97. The molecule has 1 aromatic heterocycles. The standard InChI is InChI=1S/C25H36N2O2/c1-7-8-13-27-20-10-9-18(29-6)14-19(20)16(2)21(27)22(28)26-23-24(3,4)17-11-12-25(23,5)15-17/h9-10,14,17,23H,7-8,11-13,15H2,1-6H3,(H,26,28)/t17?,23?,25-/m0/s1. The molecule has 1 amide bonds. The van der Waals surface area contributed by atoms with Crippen molar-refractivity contribution in [3.63, 3.8) is 0 Å². The number of hydrogen-bond acceptors (Lipinski definition) is 2. The van der Waals surface area contributed by atoms with Crippen LogP contribution in [0.25, 0.3) is 10.9 Å². The van der Waals surface area contributed by atoms with E-state index in [2.05, 4.69) is 56.6 Å². The molecule has 0 saturated heterocycles. The molecule has 4 nitrogen and oxygen atoms in total. The van der Waals surface area contributed by atoms with Crippen LogP contribution in [0.15, 0.2) is 18.2 Å². The van der Waals surface area contributed by atoms with Crippen LogP contribution in [-0.4, -0.2) is 23.6 Å². The minimum absolute atomic E-state index is 0.0839. The van der Waals surface area contributed by atoms with Crippen LogP contribution in [0.1, 0.15) is 75.9 Å². The van der Waals surface area contributed by atoms with Gasteiger partial charge in [-0.1, -0.05) is 34.1 Å². The van der Waals surface area contributed by atoms with E-state index in [-0.39, 0.29) is 22.8 Å². The van der Waals surface area contributed by atoms with Crippen LogP contribution < -0.4 is 10.1 Å². The third-order valence-electron chi connectivity index (χ3n) is 8.02. The summed E-state index contributed by atoms with van der Waals surface area (Å²) in [6, 6.07) is 6.38. The molecule has 0 aliphatic heterocycles. The average Bonchev–Trinajstić information content (AvgIpc) is 3.28. The number of fused-ring (bicyclic) bond motifs is 3. The molecular formula is C25H36N2O2. The maximum absolute atomic E-state index is 13.7. The van der Waals surface area contributed by atoms with Crippen molar-refractivity contribution in [3.05, 3.63) is 29.5 Å². The highest BCUT2D eigenvalue weighted by molar-refractivity contribution is 6.02. The fraction of sp³-hybridized carbons (Fsp3) is 0.640. The summed E-state index contributed by atoms with van der Waals surface area (Å²) in [6.07, 6.45) is 5.92. The highest BCUT2D eigenvalue weighted by atomic mass is 16.5. The summed E-state index contributed by atoms with van der Waals surface area (Å²) in [4.78, 5) is 13.7. The lowest BCUT2D eigenvalue weighted by molar-refractivity contribution is 0.0729. The van der Waals surface area contributed by atoms with Gasteiger partial charge in [-0.2, -0.15) is 0 Å². The van der Waals surface area contributed by atoms with Crippen LogP contribution in [-0.2, 0) is 6.54 Å². The number of amides is 1. The number of hydrogen-bond donors (Lipinski definition) is 1. The normalized spacial score (nSPS) is 27.5. The van der Waals surface area contributed by atoms with Gasteiger partial charge in [-0.3, -0.25) is 4.79 Å². The molecular weight excluding hydrogens is 360 g/mol. The Morgan fingerprint density at radius 1 is 1.31 bits per heavy atom. The number of benzene rings is 1. The summed E-state index contributed by atoms with van der Waals surface area (Å²) in [6.45, 7) is 12.2. The Bertz CT molecular complexity index is 937. The number of rotatable bonds is 6. The molecule has 3 atom stereocenters. The minimum atomic E-state index is 0.0839. The first-order valence-electron chi connectivity index (χ1n) is 11.2. The van der Waals surface area contributed by atoms with Gasteiger partial charge >= 0.3 is 0 Å². The first-order chi connectivity index (χ1) is 13.7. The van der Waals surface area contributed by atoms with Gasteiger partial charge < -0.3 is 14.6 Å². The molecule has 2 unspecified atom stereocenters. The number of aryl methyl sites for hydroxylation is 2. The van der Waals surface area contributed by atoms with Crippen LogP contribution >= 0.6 is 0 Å². The van der Waals surface area contributed by atoms with Crippen molar-refractivity contribution in [2.45, 2.75) is 79.3 Å². The van der Waals surface area contributed by atoms with Crippen LogP contribution in [0, 0.1) is 23.7 Å². The smallest absolute Gasteiger partial charge is 0.268 e. The van der Waals surface area contributed by atoms with E-state index >= 15 is 0 Å². The molecule has 0 radical (unpaired) electrons. The number of ether oxygens (including phenoxy) is 1. The lowest BCUT2D eigenvalue weighted by Gasteiger charge is -2.43. The molecule has 158 valence electrons. The Morgan fingerprint density at radius 3 is 2.69 bits per heavy atom. The van der Waals surface area contributed by atoms with Crippen molar-refractivity contribution in [2.24, 2.45) is 16.7 Å². The maximum atomic E-state index is 13.7. The molecule has 4 rings (SSSR count). The van der Waals surface area contributed by atoms with Crippen LogP contribution in [0.4, 0.5) is 0 Å². The topological polar surface area (TPSA) is 43.3 Å². The zero-order chi connectivity index (χ0) is 21.0. The lowest BCUT2D eigenvalue weighted by atomic mass is 9.68. The second kappa shape index (κ2) is 7.07. The van der Waals surface area contributed by atoms with E-state index in [9.17, 15) is 4.79 Å². The molecule has 2 aliphatic rings. The zero-order valence-corrected chi connectivity index (χ0v) is 18.9. The van der Waals surface area contributed by atoms with Crippen molar-refractivity contribution in [3.8, 4) is 5.75 Å². The van der Waals surface area contributed by atoms with E-state index in [1.54, 1.807) is 7.11 Å². The molecule has 1 aromatic carbocycles. The largest absolute Gasteiger partial charge is 0.497 e. The Labute approximate surface area is 175 Å². The van der Waals surface area contributed by atoms with Gasteiger partial charge in [0.1, 0.15) is 11.4 Å². The van der Waals surface area contributed by atoms with E-state index in [0.717, 1.165) is 47.3 Å². The monoisotopic (exact) mass is 396 g/mol. The molecule has 4 heteroatoms. The van der Waals surface area contributed by atoms with Gasteiger partial charge in [0.15, 0.2) is 0 Å². The van der Waals surface area contributed by atoms with Gasteiger partial charge in [0.2, 0.25) is 0 Å². The molecule has 0 spiro atoms. The second-order valence-corrected chi connectivity index (χ2v) is 10.2. The quantitative estimate of drug-likeness (QED) is 0.680. The molecule has 29 heavy (non-hydrogen) atoms. The number of unbranched alkanes of at least 4 members (excludes halogenated alkanes) is 1. The van der Waals surface area contributed by atoms with Gasteiger partial charge in [-0.15, -0.1) is 0 Å².